The van der Waals surface area contributed by atoms with E-state index in [0.717, 1.165) is 17.4 Å². The zero-order chi connectivity index (χ0) is 19.8. The quantitative estimate of drug-likeness (QED) is 0.664. The monoisotopic (exact) mass is 399 g/mol. The molecular weight excluding hydrogens is 382 g/mol. The minimum atomic E-state index is -0.578. The predicted octanol–water partition coefficient (Wildman–Crippen LogP) is 1.43. The molecule has 0 N–H and O–H groups in total. The van der Waals surface area contributed by atoms with Gasteiger partial charge in [0.05, 0.1) is 0 Å². The normalized spacial score (nSPS) is 14.0. The molecule has 3 heterocycles. The standard InChI is InChI=1S/C19H18ClN5O3/c1-23-17-14(10-21-16(22-17)12-4-6-13(20)7-5-12)18(27)25(19(23)28)11-15(26)24-8-2-3-9-24/h4-7,10H,2-3,8-9,11H2,1H3. The molecule has 2 aromatic heterocycles. The number of likely N-dealkylation sites (tertiary alicyclic amines) is 1. The molecule has 1 aliphatic heterocycles. The van der Waals surface area contributed by atoms with Crippen LogP contribution in [-0.2, 0) is 18.4 Å². The Kier molecular flexibility index (Phi) is 4.72. The second-order valence-corrected chi connectivity index (χ2v) is 7.20. The zero-order valence-electron chi connectivity index (χ0n) is 15.3. The van der Waals surface area contributed by atoms with Crippen LogP contribution in [0.1, 0.15) is 12.8 Å². The van der Waals surface area contributed by atoms with Gasteiger partial charge in [-0.25, -0.2) is 14.8 Å². The molecule has 8 nitrogen and oxygen atoms in total. The lowest BCUT2D eigenvalue weighted by atomic mass is 10.2. The molecule has 0 bridgehead atoms. The Bertz CT molecular complexity index is 1180. The lowest BCUT2D eigenvalue weighted by Gasteiger charge is -2.16. The van der Waals surface area contributed by atoms with E-state index in [1.807, 2.05) is 0 Å². The van der Waals surface area contributed by atoms with Gasteiger partial charge in [0.2, 0.25) is 5.91 Å². The number of nitrogens with zero attached hydrogens (tertiary/aromatic N) is 5. The molecule has 1 saturated heterocycles. The van der Waals surface area contributed by atoms with Gasteiger partial charge in [-0.15, -0.1) is 0 Å². The van der Waals surface area contributed by atoms with E-state index in [2.05, 4.69) is 9.97 Å². The fourth-order valence-corrected chi connectivity index (χ4v) is 3.49. The highest BCUT2D eigenvalue weighted by Gasteiger charge is 2.21. The van der Waals surface area contributed by atoms with Crippen LogP contribution in [0.2, 0.25) is 5.02 Å². The van der Waals surface area contributed by atoms with Gasteiger partial charge in [0.1, 0.15) is 11.9 Å². The number of hydrogen-bond acceptors (Lipinski definition) is 5. The second kappa shape index (κ2) is 7.20. The molecule has 4 rings (SSSR count). The Hall–Kier alpha value is -3.00. The minimum Gasteiger partial charge on any atom is -0.341 e. The molecule has 28 heavy (non-hydrogen) atoms. The number of hydrogen-bond donors (Lipinski definition) is 0. The fraction of sp³-hybridized carbons (Fsp3) is 0.316. The van der Waals surface area contributed by atoms with Gasteiger partial charge >= 0.3 is 5.69 Å². The zero-order valence-corrected chi connectivity index (χ0v) is 16.0. The maximum absolute atomic E-state index is 12.8. The molecule has 3 aromatic rings. The highest BCUT2D eigenvalue weighted by Crippen LogP contribution is 2.19. The van der Waals surface area contributed by atoms with Crippen molar-refractivity contribution in [3.8, 4) is 11.4 Å². The number of fused-ring (bicyclic) bond motifs is 1. The van der Waals surface area contributed by atoms with Gasteiger partial charge < -0.3 is 4.90 Å². The highest BCUT2D eigenvalue weighted by molar-refractivity contribution is 6.30. The van der Waals surface area contributed by atoms with E-state index >= 15 is 0 Å². The minimum absolute atomic E-state index is 0.189. The number of benzene rings is 1. The molecule has 0 atom stereocenters. The maximum Gasteiger partial charge on any atom is 0.332 e. The van der Waals surface area contributed by atoms with Crippen LogP contribution in [0, 0.1) is 0 Å². The molecule has 1 aliphatic rings. The number of amides is 1. The van der Waals surface area contributed by atoms with Crippen molar-refractivity contribution in [2.45, 2.75) is 19.4 Å². The van der Waals surface area contributed by atoms with Crippen molar-refractivity contribution in [1.82, 2.24) is 24.0 Å². The number of aromatic nitrogens is 4. The summed E-state index contributed by atoms with van der Waals surface area (Å²) in [4.78, 5) is 48.3. The van der Waals surface area contributed by atoms with E-state index in [1.165, 1.54) is 17.8 Å². The van der Waals surface area contributed by atoms with Crippen LogP contribution in [0.4, 0.5) is 0 Å². The smallest absolute Gasteiger partial charge is 0.332 e. The molecule has 0 unspecified atom stereocenters. The summed E-state index contributed by atoms with van der Waals surface area (Å²) in [6.45, 7) is 1.05. The Morgan fingerprint density at radius 2 is 1.82 bits per heavy atom. The van der Waals surface area contributed by atoms with Gasteiger partial charge in [-0.3, -0.25) is 18.7 Å². The summed E-state index contributed by atoms with van der Waals surface area (Å²) in [5.74, 6) is 0.152. The Balaban J connectivity index is 1.79. The van der Waals surface area contributed by atoms with Gasteiger partial charge in [0, 0.05) is 36.9 Å². The Labute approximate surface area is 165 Å². The summed E-state index contributed by atoms with van der Waals surface area (Å²) in [7, 11) is 1.53. The van der Waals surface area contributed by atoms with Gasteiger partial charge in [-0.1, -0.05) is 11.6 Å². The first kappa shape index (κ1) is 18.4. The van der Waals surface area contributed by atoms with Crippen LogP contribution >= 0.6 is 11.6 Å². The summed E-state index contributed by atoms with van der Waals surface area (Å²) in [5.41, 5.74) is -0.203. The van der Waals surface area contributed by atoms with Crippen molar-refractivity contribution in [2.24, 2.45) is 7.05 Å². The van der Waals surface area contributed by atoms with Crippen LogP contribution in [-0.4, -0.2) is 43.0 Å². The summed E-state index contributed by atoms with van der Waals surface area (Å²) >= 11 is 5.91. The molecular formula is C19H18ClN5O3. The molecule has 9 heteroatoms. The van der Waals surface area contributed by atoms with Crippen molar-refractivity contribution >= 4 is 28.5 Å². The van der Waals surface area contributed by atoms with E-state index in [4.69, 9.17) is 11.6 Å². The number of carbonyl (C=O) groups excluding carboxylic acids is 1. The third kappa shape index (κ3) is 3.20. The average molecular weight is 400 g/mol. The molecule has 0 aliphatic carbocycles. The van der Waals surface area contributed by atoms with Crippen molar-refractivity contribution in [3.63, 3.8) is 0 Å². The third-order valence-electron chi connectivity index (χ3n) is 4.93. The first-order chi connectivity index (χ1) is 13.5. The van der Waals surface area contributed by atoms with Crippen molar-refractivity contribution in [2.75, 3.05) is 13.1 Å². The van der Waals surface area contributed by atoms with Crippen molar-refractivity contribution < 1.29 is 4.79 Å². The van der Waals surface area contributed by atoms with E-state index in [0.29, 0.717) is 29.5 Å². The second-order valence-electron chi connectivity index (χ2n) is 6.76. The van der Waals surface area contributed by atoms with Gasteiger partial charge in [0.25, 0.3) is 5.56 Å². The van der Waals surface area contributed by atoms with Crippen molar-refractivity contribution in [3.05, 3.63) is 56.3 Å². The average Bonchev–Trinajstić information content (AvgIpc) is 3.24. The molecule has 1 fully saturated rings. The summed E-state index contributed by atoms with van der Waals surface area (Å²) in [6.07, 6.45) is 3.28. The predicted molar refractivity (Wildman–Crippen MR) is 105 cm³/mol. The number of aryl methyl sites for hydroxylation is 1. The first-order valence-electron chi connectivity index (χ1n) is 8.96. The van der Waals surface area contributed by atoms with Crippen LogP contribution in [0.25, 0.3) is 22.4 Å². The van der Waals surface area contributed by atoms with E-state index in [1.54, 1.807) is 29.2 Å². The molecule has 0 saturated carbocycles. The third-order valence-corrected chi connectivity index (χ3v) is 5.19. The number of rotatable bonds is 3. The van der Waals surface area contributed by atoms with Crippen LogP contribution in [0.15, 0.2) is 40.1 Å². The lowest BCUT2D eigenvalue weighted by molar-refractivity contribution is -0.130. The summed E-state index contributed by atoms with van der Waals surface area (Å²) in [5, 5.41) is 0.775. The van der Waals surface area contributed by atoms with Gasteiger partial charge in [-0.05, 0) is 37.1 Å². The topological polar surface area (TPSA) is 90.1 Å². The van der Waals surface area contributed by atoms with Gasteiger partial charge in [0.15, 0.2) is 11.5 Å². The first-order valence-corrected chi connectivity index (χ1v) is 9.34. The molecule has 1 amide bonds. The lowest BCUT2D eigenvalue weighted by Crippen LogP contribution is -2.44. The SMILES string of the molecule is Cn1c(=O)n(CC(=O)N2CCCC2)c(=O)c2cnc(-c3ccc(Cl)cc3)nc21. The van der Waals surface area contributed by atoms with Crippen LogP contribution in [0.5, 0.6) is 0 Å². The summed E-state index contributed by atoms with van der Waals surface area (Å²) < 4.78 is 2.23. The molecule has 0 radical (unpaired) electrons. The Morgan fingerprint density at radius 1 is 1.14 bits per heavy atom. The largest absolute Gasteiger partial charge is 0.341 e. The fourth-order valence-electron chi connectivity index (χ4n) is 3.36. The molecule has 144 valence electrons. The van der Waals surface area contributed by atoms with Crippen LogP contribution < -0.4 is 11.2 Å². The van der Waals surface area contributed by atoms with E-state index < -0.39 is 11.2 Å². The molecule has 0 spiro atoms. The Morgan fingerprint density at radius 3 is 2.50 bits per heavy atom. The van der Waals surface area contributed by atoms with Gasteiger partial charge in [-0.2, -0.15) is 0 Å². The highest BCUT2D eigenvalue weighted by atomic mass is 35.5. The van der Waals surface area contributed by atoms with E-state index in [-0.39, 0.29) is 23.5 Å². The summed E-state index contributed by atoms with van der Waals surface area (Å²) in [6, 6.07) is 6.95. The number of carbonyl (C=O) groups is 1. The molecule has 1 aromatic carbocycles. The number of halogens is 1. The maximum atomic E-state index is 12.8. The van der Waals surface area contributed by atoms with E-state index in [9.17, 15) is 14.4 Å². The van der Waals surface area contributed by atoms with Crippen LogP contribution in [0.3, 0.4) is 0 Å². The van der Waals surface area contributed by atoms with Crippen molar-refractivity contribution in [1.29, 1.82) is 0 Å².